The van der Waals surface area contributed by atoms with Crippen LogP contribution in [-0.2, 0) is 9.59 Å². The van der Waals surface area contributed by atoms with Gasteiger partial charge in [0.2, 0.25) is 5.91 Å². The minimum absolute atomic E-state index is 0.0655. The molecule has 0 aromatic heterocycles. The van der Waals surface area contributed by atoms with Crippen LogP contribution in [0.2, 0.25) is 0 Å². The zero-order valence-electron chi connectivity index (χ0n) is 11.9. The maximum atomic E-state index is 11.9. The zero-order chi connectivity index (χ0) is 14.5. The fraction of sp³-hybridized carbons (Fsp3) is 0.857. The van der Waals surface area contributed by atoms with E-state index in [1.807, 2.05) is 0 Å². The van der Waals surface area contributed by atoms with E-state index in [-0.39, 0.29) is 17.7 Å². The monoisotopic (exact) mass is 270 g/mol. The van der Waals surface area contributed by atoms with E-state index in [1.54, 1.807) is 0 Å². The molecular weight excluding hydrogens is 244 g/mol. The smallest absolute Gasteiger partial charge is 0.303 e. The van der Waals surface area contributed by atoms with Crippen LogP contribution in [0.4, 0.5) is 0 Å². The van der Waals surface area contributed by atoms with Gasteiger partial charge in [0.25, 0.3) is 0 Å². The summed E-state index contributed by atoms with van der Waals surface area (Å²) < 4.78 is 0. The Morgan fingerprint density at radius 2 is 1.95 bits per heavy atom. The normalized spacial score (nSPS) is 18.1. The van der Waals surface area contributed by atoms with Crippen molar-refractivity contribution in [3.63, 3.8) is 0 Å². The summed E-state index contributed by atoms with van der Waals surface area (Å²) in [5.74, 6) is 0.0792. The largest absolute Gasteiger partial charge is 0.481 e. The molecule has 0 radical (unpaired) electrons. The molecule has 0 aromatic carbocycles. The third kappa shape index (κ3) is 4.82. The van der Waals surface area contributed by atoms with Crippen molar-refractivity contribution in [3.8, 4) is 0 Å². The lowest BCUT2D eigenvalue weighted by Gasteiger charge is -2.21. The first-order valence-corrected chi connectivity index (χ1v) is 7.11. The predicted octanol–water partition coefficient (Wildman–Crippen LogP) is 1.37. The van der Waals surface area contributed by atoms with E-state index in [2.05, 4.69) is 19.2 Å². The molecule has 1 amide bonds. The molecule has 0 aromatic rings. The summed E-state index contributed by atoms with van der Waals surface area (Å²) in [6.07, 6.45) is 3.48. The molecule has 1 rings (SSSR count). The molecule has 19 heavy (non-hydrogen) atoms. The maximum absolute atomic E-state index is 11.9. The Morgan fingerprint density at radius 3 is 2.37 bits per heavy atom. The first kappa shape index (κ1) is 16.0. The lowest BCUT2D eigenvalue weighted by atomic mass is 9.88. The lowest BCUT2D eigenvalue weighted by molar-refractivity contribution is -0.137. The molecule has 5 heteroatoms. The standard InChI is InChI=1S/C14H26N2O3/c1-10(2)11(3-4-12(17)18)5-8-16-13(19)14(9-15)6-7-14/h10-11H,3-9,15H2,1-2H3,(H,16,19)(H,17,18). The van der Waals surface area contributed by atoms with Gasteiger partial charge in [-0.1, -0.05) is 13.8 Å². The summed E-state index contributed by atoms with van der Waals surface area (Å²) in [4.78, 5) is 22.5. The highest BCUT2D eigenvalue weighted by molar-refractivity contribution is 5.85. The van der Waals surface area contributed by atoms with E-state index >= 15 is 0 Å². The molecule has 0 bridgehead atoms. The van der Waals surface area contributed by atoms with Gasteiger partial charge in [-0.2, -0.15) is 0 Å². The second-order valence-electron chi connectivity index (χ2n) is 5.97. The van der Waals surface area contributed by atoms with Crippen LogP contribution < -0.4 is 11.1 Å². The number of nitrogens with two attached hydrogens (primary N) is 1. The summed E-state index contributed by atoms with van der Waals surface area (Å²) in [7, 11) is 0. The zero-order valence-corrected chi connectivity index (χ0v) is 11.9. The van der Waals surface area contributed by atoms with E-state index in [4.69, 9.17) is 10.8 Å². The number of carbonyl (C=O) groups excluding carboxylic acids is 1. The summed E-state index contributed by atoms with van der Waals surface area (Å²) in [5.41, 5.74) is 5.31. The van der Waals surface area contributed by atoms with E-state index in [9.17, 15) is 9.59 Å². The highest BCUT2D eigenvalue weighted by atomic mass is 16.4. The average Bonchev–Trinajstić information content (AvgIpc) is 3.13. The summed E-state index contributed by atoms with van der Waals surface area (Å²) in [6.45, 7) is 5.22. The van der Waals surface area contributed by atoms with Crippen LogP contribution in [0.15, 0.2) is 0 Å². The third-order valence-corrected chi connectivity index (χ3v) is 4.20. The first-order valence-electron chi connectivity index (χ1n) is 7.11. The number of carboxylic acids is 1. The van der Waals surface area contributed by atoms with Crippen molar-refractivity contribution in [2.24, 2.45) is 23.0 Å². The molecule has 0 saturated heterocycles. The highest BCUT2D eigenvalue weighted by Crippen LogP contribution is 2.44. The molecule has 1 aliphatic rings. The van der Waals surface area contributed by atoms with Crippen LogP contribution in [-0.4, -0.2) is 30.1 Å². The van der Waals surface area contributed by atoms with Crippen molar-refractivity contribution in [2.75, 3.05) is 13.1 Å². The van der Waals surface area contributed by atoms with E-state index < -0.39 is 5.97 Å². The number of carbonyl (C=O) groups is 2. The molecule has 0 aliphatic heterocycles. The molecular formula is C14H26N2O3. The first-order chi connectivity index (χ1) is 8.91. The maximum Gasteiger partial charge on any atom is 0.303 e. The van der Waals surface area contributed by atoms with Gasteiger partial charge < -0.3 is 16.2 Å². The van der Waals surface area contributed by atoms with Crippen molar-refractivity contribution >= 4 is 11.9 Å². The summed E-state index contributed by atoms with van der Waals surface area (Å²) in [6, 6.07) is 0. The topological polar surface area (TPSA) is 92.4 Å². The van der Waals surface area contributed by atoms with Gasteiger partial charge in [-0.05, 0) is 37.5 Å². The van der Waals surface area contributed by atoms with E-state index in [0.717, 1.165) is 19.3 Å². The van der Waals surface area contributed by atoms with Crippen molar-refractivity contribution in [1.82, 2.24) is 5.32 Å². The minimum atomic E-state index is -0.755. The second-order valence-corrected chi connectivity index (χ2v) is 5.97. The molecule has 1 aliphatic carbocycles. The molecule has 1 fully saturated rings. The van der Waals surface area contributed by atoms with Crippen LogP contribution in [0.5, 0.6) is 0 Å². The van der Waals surface area contributed by atoms with Crippen molar-refractivity contribution in [1.29, 1.82) is 0 Å². The Hall–Kier alpha value is -1.10. The van der Waals surface area contributed by atoms with Gasteiger partial charge in [-0.15, -0.1) is 0 Å². The SMILES string of the molecule is CC(C)C(CCNC(=O)C1(CN)CC1)CCC(=O)O. The fourth-order valence-corrected chi connectivity index (χ4v) is 2.35. The van der Waals surface area contributed by atoms with Gasteiger partial charge in [0, 0.05) is 19.5 Å². The van der Waals surface area contributed by atoms with Crippen molar-refractivity contribution in [2.45, 2.75) is 46.0 Å². The number of hydrogen-bond donors (Lipinski definition) is 3. The number of amides is 1. The average molecular weight is 270 g/mol. The van der Waals surface area contributed by atoms with Gasteiger partial charge >= 0.3 is 5.97 Å². The Bertz CT molecular complexity index is 325. The van der Waals surface area contributed by atoms with Gasteiger partial charge in [-0.25, -0.2) is 0 Å². The minimum Gasteiger partial charge on any atom is -0.481 e. The fourth-order valence-electron chi connectivity index (χ4n) is 2.35. The molecule has 1 unspecified atom stereocenters. The van der Waals surface area contributed by atoms with E-state index in [1.165, 1.54) is 0 Å². The second kappa shape index (κ2) is 6.89. The van der Waals surface area contributed by atoms with Gasteiger partial charge in [0.15, 0.2) is 0 Å². The summed E-state index contributed by atoms with van der Waals surface area (Å²) in [5, 5.41) is 11.7. The van der Waals surface area contributed by atoms with Crippen molar-refractivity contribution < 1.29 is 14.7 Å². The molecule has 110 valence electrons. The molecule has 1 atom stereocenters. The third-order valence-electron chi connectivity index (χ3n) is 4.20. The van der Waals surface area contributed by atoms with E-state index in [0.29, 0.717) is 31.3 Å². The highest BCUT2D eigenvalue weighted by Gasteiger charge is 2.48. The number of nitrogens with one attached hydrogen (secondary N) is 1. The van der Waals surface area contributed by atoms with Crippen LogP contribution in [0.3, 0.4) is 0 Å². The van der Waals surface area contributed by atoms with Crippen LogP contribution in [0, 0.1) is 17.3 Å². The number of hydrogen-bond acceptors (Lipinski definition) is 3. The van der Waals surface area contributed by atoms with Gasteiger partial charge in [-0.3, -0.25) is 9.59 Å². The van der Waals surface area contributed by atoms with Crippen molar-refractivity contribution in [3.05, 3.63) is 0 Å². The Balaban J connectivity index is 2.28. The lowest BCUT2D eigenvalue weighted by Crippen LogP contribution is -2.37. The molecule has 0 heterocycles. The quantitative estimate of drug-likeness (QED) is 0.590. The van der Waals surface area contributed by atoms with Crippen LogP contribution in [0.25, 0.3) is 0 Å². The Morgan fingerprint density at radius 1 is 1.32 bits per heavy atom. The van der Waals surface area contributed by atoms with Gasteiger partial charge in [0.05, 0.1) is 5.41 Å². The predicted molar refractivity (Wildman–Crippen MR) is 73.5 cm³/mol. The Kier molecular flexibility index (Phi) is 5.79. The number of rotatable bonds is 9. The molecule has 5 nitrogen and oxygen atoms in total. The van der Waals surface area contributed by atoms with Gasteiger partial charge in [0.1, 0.15) is 0 Å². The number of carboxylic acid groups (broad SMARTS) is 1. The Labute approximate surface area is 114 Å². The number of aliphatic carboxylic acids is 1. The van der Waals surface area contributed by atoms with Crippen LogP contribution >= 0.6 is 0 Å². The summed E-state index contributed by atoms with van der Waals surface area (Å²) >= 11 is 0. The molecule has 0 spiro atoms. The van der Waals surface area contributed by atoms with Crippen LogP contribution in [0.1, 0.15) is 46.0 Å². The molecule has 4 N–H and O–H groups in total. The molecule has 1 saturated carbocycles.